The van der Waals surface area contributed by atoms with Crippen molar-refractivity contribution in [3.05, 3.63) is 41.7 Å². The molecule has 1 heterocycles. The van der Waals surface area contributed by atoms with Gasteiger partial charge in [-0.1, -0.05) is 12.1 Å². The molecule has 0 spiro atoms. The Morgan fingerprint density at radius 3 is 2.82 bits per heavy atom. The van der Waals surface area contributed by atoms with Gasteiger partial charge in [-0.3, -0.25) is 0 Å². The molecular formula is C11H11F2N3O. The molecule has 4 nitrogen and oxygen atoms in total. The van der Waals surface area contributed by atoms with E-state index in [4.69, 9.17) is 0 Å². The van der Waals surface area contributed by atoms with Gasteiger partial charge in [0.1, 0.15) is 17.2 Å². The first-order valence-corrected chi connectivity index (χ1v) is 5.17. The normalized spacial score (nSPS) is 12.7. The Balaban J connectivity index is 2.37. The van der Waals surface area contributed by atoms with E-state index in [1.54, 1.807) is 6.92 Å². The predicted octanol–water partition coefficient (Wildman–Crippen LogP) is 1.99. The molecule has 6 heteroatoms. The third kappa shape index (κ3) is 2.31. The van der Waals surface area contributed by atoms with E-state index in [0.717, 1.165) is 12.1 Å². The molecule has 1 aromatic carbocycles. The minimum Gasteiger partial charge on any atom is -0.387 e. The molecule has 0 aliphatic rings. The van der Waals surface area contributed by atoms with E-state index in [0.29, 0.717) is 12.1 Å². The SMILES string of the molecule is CCC(O)c1cn(-c2ccc(F)cc2F)nn1. The molecule has 0 saturated heterocycles. The first-order chi connectivity index (χ1) is 8.11. The number of aliphatic hydroxyl groups is 1. The van der Waals surface area contributed by atoms with Crippen molar-refractivity contribution < 1.29 is 13.9 Å². The van der Waals surface area contributed by atoms with Gasteiger partial charge >= 0.3 is 0 Å². The summed E-state index contributed by atoms with van der Waals surface area (Å²) in [6, 6.07) is 3.17. The third-order valence-corrected chi connectivity index (χ3v) is 2.40. The van der Waals surface area contributed by atoms with Crippen molar-refractivity contribution in [2.24, 2.45) is 0 Å². The Labute approximate surface area is 96.5 Å². The summed E-state index contributed by atoms with van der Waals surface area (Å²) >= 11 is 0. The predicted molar refractivity (Wildman–Crippen MR) is 56.5 cm³/mol. The van der Waals surface area contributed by atoms with E-state index in [-0.39, 0.29) is 5.69 Å². The van der Waals surface area contributed by atoms with Crippen molar-refractivity contribution in [3.63, 3.8) is 0 Å². The van der Waals surface area contributed by atoms with Gasteiger partial charge in [-0.15, -0.1) is 5.10 Å². The van der Waals surface area contributed by atoms with E-state index in [1.807, 2.05) is 0 Å². The number of aromatic nitrogens is 3. The standard InChI is InChI=1S/C11H11F2N3O/c1-2-11(17)9-6-16(15-14-9)10-4-3-7(12)5-8(10)13/h3-6,11,17H,2H2,1H3. The number of aliphatic hydroxyl groups excluding tert-OH is 1. The summed E-state index contributed by atoms with van der Waals surface area (Å²) in [5.74, 6) is -1.38. The lowest BCUT2D eigenvalue weighted by atomic mass is 10.2. The molecule has 17 heavy (non-hydrogen) atoms. The van der Waals surface area contributed by atoms with Crippen LogP contribution in [0.4, 0.5) is 8.78 Å². The van der Waals surface area contributed by atoms with Crippen LogP contribution in [-0.4, -0.2) is 20.1 Å². The van der Waals surface area contributed by atoms with Crippen molar-refractivity contribution in [1.29, 1.82) is 0 Å². The zero-order valence-corrected chi connectivity index (χ0v) is 9.14. The zero-order chi connectivity index (χ0) is 12.4. The summed E-state index contributed by atoms with van der Waals surface area (Å²) in [6.45, 7) is 1.79. The van der Waals surface area contributed by atoms with Crippen molar-refractivity contribution in [3.8, 4) is 5.69 Å². The lowest BCUT2D eigenvalue weighted by molar-refractivity contribution is 0.169. The summed E-state index contributed by atoms with van der Waals surface area (Å²) < 4.78 is 27.3. The maximum atomic E-state index is 13.4. The molecule has 0 amide bonds. The Kier molecular flexibility index (Phi) is 3.14. The zero-order valence-electron chi connectivity index (χ0n) is 9.14. The molecule has 0 saturated carbocycles. The van der Waals surface area contributed by atoms with Crippen LogP contribution in [0.25, 0.3) is 5.69 Å². The van der Waals surface area contributed by atoms with Crippen LogP contribution in [0.1, 0.15) is 25.1 Å². The molecule has 1 N–H and O–H groups in total. The van der Waals surface area contributed by atoms with Crippen molar-refractivity contribution in [2.75, 3.05) is 0 Å². The Morgan fingerprint density at radius 1 is 1.41 bits per heavy atom. The van der Waals surface area contributed by atoms with Gasteiger partial charge in [-0.25, -0.2) is 13.5 Å². The lowest BCUT2D eigenvalue weighted by Gasteiger charge is -2.02. The summed E-state index contributed by atoms with van der Waals surface area (Å²) in [6.07, 6.45) is 1.18. The van der Waals surface area contributed by atoms with Gasteiger partial charge in [0.25, 0.3) is 0 Å². The van der Waals surface area contributed by atoms with Crippen LogP contribution in [0.2, 0.25) is 0 Å². The second-order valence-electron chi connectivity index (χ2n) is 3.61. The van der Waals surface area contributed by atoms with E-state index in [2.05, 4.69) is 10.3 Å². The molecule has 2 rings (SSSR count). The summed E-state index contributed by atoms with van der Waals surface area (Å²) in [7, 11) is 0. The van der Waals surface area contributed by atoms with Gasteiger partial charge in [0, 0.05) is 6.07 Å². The first-order valence-electron chi connectivity index (χ1n) is 5.17. The van der Waals surface area contributed by atoms with E-state index < -0.39 is 17.7 Å². The van der Waals surface area contributed by atoms with Gasteiger partial charge in [0.2, 0.25) is 0 Å². The lowest BCUT2D eigenvalue weighted by Crippen LogP contribution is -1.99. The van der Waals surface area contributed by atoms with Gasteiger partial charge in [-0.05, 0) is 18.6 Å². The average molecular weight is 239 g/mol. The van der Waals surface area contributed by atoms with E-state index >= 15 is 0 Å². The molecule has 0 fully saturated rings. The molecule has 0 bridgehead atoms. The number of hydrogen-bond donors (Lipinski definition) is 1. The number of halogens is 2. The highest BCUT2D eigenvalue weighted by molar-refractivity contribution is 5.32. The van der Waals surface area contributed by atoms with Crippen LogP contribution in [0.5, 0.6) is 0 Å². The van der Waals surface area contributed by atoms with Crippen LogP contribution < -0.4 is 0 Å². The monoisotopic (exact) mass is 239 g/mol. The Bertz CT molecular complexity index is 527. The topological polar surface area (TPSA) is 50.9 Å². The third-order valence-electron chi connectivity index (χ3n) is 2.40. The van der Waals surface area contributed by atoms with Crippen LogP contribution in [-0.2, 0) is 0 Å². The highest BCUT2D eigenvalue weighted by atomic mass is 19.1. The highest BCUT2D eigenvalue weighted by Gasteiger charge is 2.12. The van der Waals surface area contributed by atoms with Crippen molar-refractivity contribution in [2.45, 2.75) is 19.4 Å². The molecule has 1 aromatic heterocycles. The maximum Gasteiger partial charge on any atom is 0.151 e. The number of nitrogens with zero attached hydrogens (tertiary/aromatic N) is 3. The molecule has 0 aliphatic carbocycles. The minimum absolute atomic E-state index is 0.0912. The largest absolute Gasteiger partial charge is 0.387 e. The van der Waals surface area contributed by atoms with E-state index in [1.165, 1.54) is 16.9 Å². The van der Waals surface area contributed by atoms with Crippen LogP contribution in [0.15, 0.2) is 24.4 Å². The first kappa shape index (κ1) is 11.7. The Hall–Kier alpha value is -1.82. The van der Waals surface area contributed by atoms with Crippen LogP contribution >= 0.6 is 0 Å². The molecule has 1 unspecified atom stereocenters. The number of benzene rings is 1. The van der Waals surface area contributed by atoms with Gasteiger partial charge in [-0.2, -0.15) is 0 Å². The molecule has 0 aliphatic heterocycles. The Morgan fingerprint density at radius 2 is 2.18 bits per heavy atom. The van der Waals surface area contributed by atoms with Crippen LogP contribution in [0.3, 0.4) is 0 Å². The van der Waals surface area contributed by atoms with Gasteiger partial charge in [0.05, 0.1) is 12.3 Å². The molecule has 0 radical (unpaired) electrons. The summed E-state index contributed by atoms with van der Waals surface area (Å²) in [5, 5.41) is 17.0. The average Bonchev–Trinajstić information content (AvgIpc) is 2.77. The molecule has 2 aromatic rings. The molecular weight excluding hydrogens is 228 g/mol. The fraction of sp³-hybridized carbons (Fsp3) is 0.273. The summed E-state index contributed by atoms with van der Waals surface area (Å²) in [4.78, 5) is 0. The van der Waals surface area contributed by atoms with Crippen LogP contribution in [0, 0.1) is 11.6 Å². The smallest absolute Gasteiger partial charge is 0.151 e. The second kappa shape index (κ2) is 4.58. The fourth-order valence-corrected chi connectivity index (χ4v) is 1.42. The maximum absolute atomic E-state index is 13.4. The minimum atomic E-state index is -0.729. The molecule has 90 valence electrons. The highest BCUT2D eigenvalue weighted by Crippen LogP contribution is 2.17. The quantitative estimate of drug-likeness (QED) is 0.891. The van der Waals surface area contributed by atoms with Gasteiger partial charge < -0.3 is 5.11 Å². The second-order valence-corrected chi connectivity index (χ2v) is 3.61. The van der Waals surface area contributed by atoms with E-state index in [9.17, 15) is 13.9 Å². The van der Waals surface area contributed by atoms with Crippen molar-refractivity contribution >= 4 is 0 Å². The van der Waals surface area contributed by atoms with Crippen molar-refractivity contribution in [1.82, 2.24) is 15.0 Å². The summed E-state index contributed by atoms with van der Waals surface area (Å²) in [5.41, 5.74) is 0.449. The number of hydrogen-bond acceptors (Lipinski definition) is 3. The fourth-order valence-electron chi connectivity index (χ4n) is 1.42. The van der Waals surface area contributed by atoms with Gasteiger partial charge in [0.15, 0.2) is 5.82 Å². The molecule has 1 atom stereocenters. The number of rotatable bonds is 3.